The predicted octanol–water partition coefficient (Wildman–Crippen LogP) is 3.12. The van der Waals surface area contributed by atoms with Gasteiger partial charge in [-0.3, -0.25) is 9.69 Å². The van der Waals surface area contributed by atoms with Gasteiger partial charge < -0.3 is 10.1 Å². The van der Waals surface area contributed by atoms with Crippen LogP contribution in [0.15, 0.2) is 48.5 Å². The summed E-state index contributed by atoms with van der Waals surface area (Å²) < 4.78 is 18.8. The van der Waals surface area contributed by atoms with Crippen molar-refractivity contribution in [3.63, 3.8) is 0 Å². The molecule has 1 aliphatic rings. The Balaban J connectivity index is 1.54. The first kappa shape index (κ1) is 17.4. The van der Waals surface area contributed by atoms with E-state index in [2.05, 4.69) is 10.2 Å². The van der Waals surface area contributed by atoms with E-state index in [0.29, 0.717) is 18.2 Å². The maximum absolute atomic E-state index is 13.6. The van der Waals surface area contributed by atoms with Crippen LogP contribution in [0.25, 0.3) is 0 Å². The summed E-state index contributed by atoms with van der Waals surface area (Å²) in [5.74, 6) is 0.452. The van der Waals surface area contributed by atoms with Crippen molar-refractivity contribution < 1.29 is 13.9 Å². The second-order valence-electron chi connectivity index (χ2n) is 6.35. The van der Waals surface area contributed by atoms with Crippen molar-refractivity contribution in [1.29, 1.82) is 0 Å². The Kier molecular flexibility index (Phi) is 5.66. The van der Waals surface area contributed by atoms with Crippen LogP contribution in [0, 0.1) is 5.82 Å². The summed E-state index contributed by atoms with van der Waals surface area (Å²) in [5, 5.41) is 2.82. The standard InChI is InChI=1S/C20H23FN2O2/c1-25-18-10-6-15(7-11-18)13-23(17-8-9-17)14-20(24)22-12-16-4-2-3-5-19(16)21/h2-7,10-11,17H,8-9,12-14H2,1H3,(H,22,24). The van der Waals surface area contributed by atoms with E-state index in [-0.39, 0.29) is 18.3 Å². The maximum Gasteiger partial charge on any atom is 0.234 e. The number of nitrogens with one attached hydrogen (secondary N) is 1. The van der Waals surface area contributed by atoms with Gasteiger partial charge in [-0.15, -0.1) is 0 Å². The van der Waals surface area contributed by atoms with Crippen molar-refractivity contribution in [2.75, 3.05) is 13.7 Å². The van der Waals surface area contributed by atoms with E-state index in [9.17, 15) is 9.18 Å². The second kappa shape index (κ2) is 8.12. The molecule has 1 amide bonds. The van der Waals surface area contributed by atoms with Gasteiger partial charge >= 0.3 is 0 Å². The number of amides is 1. The Labute approximate surface area is 147 Å². The lowest BCUT2D eigenvalue weighted by Gasteiger charge is -2.21. The fourth-order valence-corrected chi connectivity index (χ4v) is 2.80. The van der Waals surface area contributed by atoms with Gasteiger partial charge in [-0.2, -0.15) is 0 Å². The first-order valence-corrected chi connectivity index (χ1v) is 8.53. The van der Waals surface area contributed by atoms with Crippen molar-refractivity contribution in [1.82, 2.24) is 10.2 Å². The van der Waals surface area contributed by atoms with Gasteiger partial charge in [-0.25, -0.2) is 4.39 Å². The predicted molar refractivity (Wildman–Crippen MR) is 94.7 cm³/mol. The number of halogens is 1. The molecule has 0 aliphatic heterocycles. The van der Waals surface area contributed by atoms with E-state index < -0.39 is 0 Å². The van der Waals surface area contributed by atoms with E-state index in [0.717, 1.165) is 30.7 Å². The fraction of sp³-hybridized carbons (Fsp3) is 0.350. The third-order valence-corrected chi connectivity index (χ3v) is 4.39. The summed E-state index contributed by atoms with van der Waals surface area (Å²) in [6.45, 7) is 1.26. The molecule has 1 fully saturated rings. The number of carbonyl (C=O) groups is 1. The molecule has 1 N–H and O–H groups in total. The lowest BCUT2D eigenvalue weighted by molar-refractivity contribution is -0.122. The molecule has 1 saturated carbocycles. The zero-order valence-corrected chi connectivity index (χ0v) is 14.4. The zero-order valence-electron chi connectivity index (χ0n) is 14.4. The van der Waals surface area contributed by atoms with Gasteiger partial charge in [0.15, 0.2) is 0 Å². The largest absolute Gasteiger partial charge is 0.497 e. The van der Waals surface area contributed by atoms with Crippen LogP contribution in [-0.2, 0) is 17.9 Å². The molecule has 0 radical (unpaired) electrons. The molecule has 0 spiro atoms. The second-order valence-corrected chi connectivity index (χ2v) is 6.35. The van der Waals surface area contributed by atoms with Crippen LogP contribution >= 0.6 is 0 Å². The summed E-state index contributed by atoms with van der Waals surface area (Å²) in [6.07, 6.45) is 2.24. The van der Waals surface area contributed by atoms with Crippen LogP contribution in [0.5, 0.6) is 5.75 Å². The highest BCUT2D eigenvalue weighted by atomic mass is 19.1. The average molecular weight is 342 g/mol. The molecule has 132 valence electrons. The van der Waals surface area contributed by atoms with E-state index in [4.69, 9.17) is 4.74 Å². The van der Waals surface area contributed by atoms with Crippen molar-refractivity contribution in [3.8, 4) is 5.75 Å². The Morgan fingerprint density at radius 2 is 1.92 bits per heavy atom. The Morgan fingerprint density at radius 3 is 2.56 bits per heavy atom. The average Bonchev–Trinajstić information content (AvgIpc) is 3.46. The number of ether oxygens (including phenoxy) is 1. The van der Waals surface area contributed by atoms with Crippen molar-refractivity contribution in [3.05, 3.63) is 65.5 Å². The fourth-order valence-electron chi connectivity index (χ4n) is 2.80. The summed E-state index contributed by atoms with van der Waals surface area (Å²) in [7, 11) is 1.64. The van der Waals surface area contributed by atoms with Crippen molar-refractivity contribution in [2.24, 2.45) is 0 Å². The number of rotatable bonds is 8. The van der Waals surface area contributed by atoms with Crippen LogP contribution < -0.4 is 10.1 Å². The number of carbonyl (C=O) groups excluding carboxylic acids is 1. The number of benzene rings is 2. The van der Waals surface area contributed by atoms with E-state index in [1.54, 1.807) is 25.3 Å². The lowest BCUT2D eigenvalue weighted by Crippen LogP contribution is -2.38. The smallest absolute Gasteiger partial charge is 0.234 e. The molecule has 2 aromatic rings. The SMILES string of the molecule is COc1ccc(CN(CC(=O)NCc2ccccc2F)C2CC2)cc1. The molecule has 4 nitrogen and oxygen atoms in total. The van der Waals surface area contributed by atoms with Crippen LogP contribution in [0.3, 0.4) is 0 Å². The number of hydrogen-bond acceptors (Lipinski definition) is 3. The minimum absolute atomic E-state index is 0.0799. The highest BCUT2D eigenvalue weighted by molar-refractivity contribution is 5.78. The quantitative estimate of drug-likeness (QED) is 0.801. The molecule has 1 aliphatic carbocycles. The monoisotopic (exact) mass is 342 g/mol. The van der Waals surface area contributed by atoms with E-state index in [1.807, 2.05) is 24.3 Å². The highest BCUT2D eigenvalue weighted by Gasteiger charge is 2.30. The summed E-state index contributed by atoms with van der Waals surface area (Å²) in [4.78, 5) is 14.4. The van der Waals surface area contributed by atoms with Gasteiger partial charge in [0.1, 0.15) is 11.6 Å². The summed E-state index contributed by atoms with van der Waals surface area (Å²) >= 11 is 0. The van der Waals surface area contributed by atoms with Gasteiger partial charge in [0, 0.05) is 24.7 Å². The molecular weight excluding hydrogens is 319 g/mol. The van der Waals surface area contributed by atoms with Crippen LogP contribution in [-0.4, -0.2) is 30.5 Å². The maximum atomic E-state index is 13.6. The van der Waals surface area contributed by atoms with Crippen LogP contribution in [0.1, 0.15) is 24.0 Å². The number of hydrogen-bond donors (Lipinski definition) is 1. The van der Waals surface area contributed by atoms with E-state index in [1.165, 1.54) is 6.07 Å². The number of methoxy groups -OCH3 is 1. The molecule has 0 bridgehead atoms. The summed E-state index contributed by atoms with van der Waals surface area (Å²) in [5.41, 5.74) is 1.65. The van der Waals surface area contributed by atoms with Crippen molar-refractivity contribution in [2.45, 2.75) is 32.0 Å². The van der Waals surface area contributed by atoms with E-state index >= 15 is 0 Å². The van der Waals surface area contributed by atoms with Gasteiger partial charge in [-0.05, 0) is 36.6 Å². The van der Waals surface area contributed by atoms with Crippen LogP contribution in [0.4, 0.5) is 4.39 Å². The molecule has 0 saturated heterocycles. The van der Waals surface area contributed by atoms with Crippen LogP contribution in [0.2, 0.25) is 0 Å². The number of nitrogens with zero attached hydrogens (tertiary/aromatic N) is 1. The Hall–Kier alpha value is -2.40. The Morgan fingerprint density at radius 1 is 1.20 bits per heavy atom. The molecule has 0 unspecified atom stereocenters. The molecule has 0 aromatic heterocycles. The lowest BCUT2D eigenvalue weighted by atomic mass is 10.2. The summed E-state index contributed by atoms with van der Waals surface area (Å²) in [6, 6.07) is 14.9. The minimum atomic E-state index is -0.292. The molecule has 25 heavy (non-hydrogen) atoms. The topological polar surface area (TPSA) is 41.6 Å². The Bertz CT molecular complexity index is 714. The van der Waals surface area contributed by atoms with Gasteiger partial charge in [0.2, 0.25) is 5.91 Å². The first-order valence-electron chi connectivity index (χ1n) is 8.53. The molecule has 0 heterocycles. The molecular formula is C20H23FN2O2. The third kappa shape index (κ3) is 5.03. The van der Waals surface area contributed by atoms with Gasteiger partial charge in [0.25, 0.3) is 0 Å². The van der Waals surface area contributed by atoms with Crippen molar-refractivity contribution >= 4 is 5.91 Å². The normalized spacial score (nSPS) is 13.7. The minimum Gasteiger partial charge on any atom is -0.497 e. The van der Waals surface area contributed by atoms with Gasteiger partial charge in [0.05, 0.1) is 13.7 Å². The molecule has 0 atom stereocenters. The first-order chi connectivity index (χ1) is 12.2. The highest BCUT2D eigenvalue weighted by Crippen LogP contribution is 2.28. The van der Waals surface area contributed by atoms with Gasteiger partial charge in [-0.1, -0.05) is 30.3 Å². The zero-order chi connectivity index (χ0) is 17.6. The molecule has 3 rings (SSSR count). The third-order valence-electron chi connectivity index (χ3n) is 4.39. The molecule has 5 heteroatoms. The molecule has 2 aromatic carbocycles.